The Bertz CT molecular complexity index is 344. The highest BCUT2D eigenvalue weighted by Crippen LogP contribution is 2.05. The highest BCUT2D eigenvalue weighted by Gasteiger charge is 2.08. The SMILES string of the molecule is CCNCCOc1cncc(C(=O)OC)n1. The molecule has 0 aliphatic rings. The van der Waals surface area contributed by atoms with Gasteiger partial charge in [0.25, 0.3) is 0 Å². The van der Waals surface area contributed by atoms with Crippen LogP contribution in [0, 0.1) is 0 Å². The number of likely N-dealkylation sites (N-methyl/N-ethyl adjacent to an activating group) is 1. The van der Waals surface area contributed by atoms with E-state index in [-0.39, 0.29) is 5.69 Å². The minimum Gasteiger partial charge on any atom is -0.475 e. The summed E-state index contributed by atoms with van der Waals surface area (Å²) >= 11 is 0. The lowest BCUT2D eigenvalue weighted by Gasteiger charge is -2.05. The fourth-order valence-corrected chi connectivity index (χ4v) is 1.03. The van der Waals surface area contributed by atoms with E-state index in [1.54, 1.807) is 0 Å². The van der Waals surface area contributed by atoms with Crippen molar-refractivity contribution in [2.75, 3.05) is 26.8 Å². The van der Waals surface area contributed by atoms with Crippen LogP contribution in [-0.2, 0) is 4.74 Å². The number of ether oxygens (including phenoxy) is 2. The molecule has 0 spiro atoms. The smallest absolute Gasteiger partial charge is 0.358 e. The van der Waals surface area contributed by atoms with Gasteiger partial charge in [0.05, 0.1) is 19.5 Å². The van der Waals surface area contributed by atoms with Gasteiger partial charge in [-0.3, -0.25) is 4.98 Å². The molecular weight excluding hydrogens is 210 g/mol. The first kappa shape index (κ1) is 12.4. The predicted molar refractivity (Wildman–Crippen MR) is 57.4 cm³/mol. The Kier molecular flexibility index (Phi) is 5.21. The maximum absolute atomic E-state index is 11.1. The fourth-order valence-electron chi connectivity index (χ4n) is 1.03. The Hall–Kier alpha value is -1.69. The van der Waals surface area contributed by atoms with Gasteiger partial charge in [0, 0.05) is 6.54 Å². The van der Waals surface area contributed by atoms with Gasteiger partial charge in [-0.25, -0.2) is 9.78 Å². The largest absolute Gasteiger partial charge is 0.475 e. The van der Waals surface area contributed by atoms with Crippen molar-refractivity contribution in [1.82, 2.24) is 15.3 Å². The standard InChI is InChI=1S/C10H15N3O3/c1-3-11-4-5-16-9-7-12-6-8(13-9)10(14)15-2/h6-7,11H,3-5H2,1-2H3. The van der Waals surface area contributed by atoms with Crippen LogP contribution in [0.4, 0.5) is 0 Å². The summed E-state index contributed by atoms with van der Waals surface area (Å²) in [5.74, 6) is -0.203. The molecule has 1 aromatic rings. The van der Waals surface area contributed by atoms with Crippen LogP contribution in [0.15, 0.2) is 12.4 Å². The van der Waals surface area contributed by atoms with Gasteiger partial charge >= 0.3 is 5.97 Å². The molecular formula is C10H15N3O3. The topological polar surface area (TPSA) is 73.3 Å². The zero-order chi connectivity index (χ0) is 11.8. The van der Waals surface area contributed by atoms with Crippen molar-refractivity contribution in [1.29, 1.82) is 0 Å². The summed E-state index contributed by atoms with van der Waals surface area (Å²) in [7, 11) is 1.29. The minimum absolute atomic E-state index is 0.142. The van der Waals surface area contributed by atoms with E-state index in [9.17, 15) is 4.79 Å². The number of carbonyl (C=O) groups is 1. The van der Waals surface area contributed by atoms with E-state index in [0.29, 0.717) is 12.5 Å². The number of esters is 1. The van der Waals surface area contributed by atoms with E-state index in [2.05, 4.69) is 20.0 Å². The molecule has 0 amide bonds. The number of nitrogens with one attached hydrogen (secondary N) is 1. The number of aromatic nitrogens is 2. The van der Waals surface area contributed by atoms with Crippen molar-refractivity contribution in [2.45, 2.75) is 6.92 Å². The molecule has 16 heavy (non-hydrogen) atoms. The molecule has 0 aliphatic heterocycles. The Morgan fingerprint density at radius 2 is 2.31 bits per heavy atom. The molecule has 0 radical (unpaired) electrons. The number of hydrogen-bond acceptors (Lipinski definition) is 6. The zero-order valence-electron chi connectivity index (χ0n) is 9.40. The predicted octanol–water partition coefficient (Wildman–Crippen LogP) is 0.251. The third-order valence-electron chi connectivity index (χ3n) is 1.79. The van der Waals surface area contributed by atoms with Crippen LogP contribution in [0.2, 0.25) is 0 Å². The van der Waals surface area contributed by atoms with E-state index in [1.165, 1.54) is 19.5 Å². The van der Waals surface area contributed by atoms with Crippen molar-refractivity contribution >= 4 is 5.97 Å². The molecule has 0 unspecified atom stereocenters. The number of nitrogens with zero attached hydrogens (tertiary/aromatic N) is 2. The lowest BCUT2D eigenvalue weighted by Crippen LogP contribution is -2.20. The molecule has 1 aromatic heterocycles. The molecule has 88 valence electrons. The highest BCUT2D eigenvalue weighted by molar-refractivity contribution is 5.86. The quantitative estimate of drug-likeness (QED) is 0.552. The van der Waals surface area contributed by atoms with Gasteiger partial charge in [-0.05, 0) is 6.54 Å². The highest BCUT2D eigenvalue weighted by atomic mass is 16.5. The Balaban J connectivity index is 2.50. The van der Waals surface area contributed by atoms with Gasteiger partial charge in [0.2, 0.25) is 5.88 Å². The summed E-state index contributed by atoms with van der Waals surface area (Å²) in [6.07, 6.45) is 2.79. The number of hydrogen-bond donors (Lipinski definition) is 1. The normalized spacial score (nSPS) is 9.88. The van der Waals surface area contributed by atoms with E-state index >= 15 is 0 Å². The van der Waals surface area contributed by atoms with Gasteiger partial charge in [-0.1, -0.05) is 6.92 Å². The zero-order valence-corrected chi connectivity index (χ0v) is 9.40. The van der Waals surface area contributed by atoms with E-state index in [4.69, 9.17) is 4.74 Å². The third-order valence-corrected chi connectivity index (χ3v) is 1.79. The van der Waals surface area contributed by atoms with Gasteiger partial charge in [-0.15, -0.1) is 0 Å². The van der Waals surface area contributed by atoms with Crippen LogP contribution in [0.3, 0.4) is 0 Å². The first-order valence-electron chi connectivity index (χ1n) is 5.01. The van der Waals surface area contributed by atoms with Gasteiger partial charge in [-0.2, -0.15) is 0 Å². The number of methoxy groups -OCH3 is 1. The molecule has 0 saturated heterocycles. The first-order chi connectivity index (χ1) is 7.77. The molecule has 0 fully saturated rings. The average Bonchev–Trinajstić information content (AvgIpc) is 2.34. The van der Waals surface area contributed by atoms with E-state index < -0.39 is 5.97 Å². The molecule has 0 saturated carbocycles. The van der Waals surface area contributed by atoms with Gasteiger partial charge in [0.15, 0.2) is 5.69 Å². The summed E-state index contributed by atoms with van der Waals surface area (Å²) in [5, 5.41) is 3.10. The fraction of sp³-hybridized carbons (Fsp3) is 0.500. The first-order valence-corrected chi connectivity index (χ1v) is 5.01. The molecule has 1 rings (SSSR count). The second-order valence-electron chi connectivity index (χ2n) is 2.94. The van der Waals surface area contributed by atoms with Crippen molar-refractivity contribution in [2.24, 2.45) is 0 Å². The molecule has 6 nitrogen and oxygen atoms in total. The molecule has 0 atom stereocenters. The van der Waals surface area contributed by atoms with Crippen LogP contribution >= 0.6 is 0 Å². The summed E-state index contributed by atoms with van der Waals surface area (Å²) in [4.78, 5) is 18.9. The second-order valence-corrected chi connectivity index (χ2v) is 2.94. The van der Waals surface area contributed by atoms with E-state index in [1.807, 2.05) is 6.92 Å². The lowest BCUT2D eigenvalue weighted by molar-refractivity contribution is 0.0592. The van der Waals surface area contributed by atoms with Crippen LogP contribution in [0.1, 0.15) is 17.4 Å². The van der Waals surface area contributed by atoms with Crippen LogP contribution in [-0.4, -0.2) is 42.7 Å². The molecule has 0 aromatic carbocycles. The van der Waals surface area contributed by atoms with Crippen molar-refractivity contribution in [3.05, 3.63) is 18.1 Å². The Labute approximate surface area is 94.0 Å². The Morgan fingerprint density at radius 3 is 3.00 bits per heavy atom. The summed E-state index contributed by atoms with van der Waals surface area (Å²) in [6, 6.07) is 0. The maximum atomic E-state index is 11.1. The van der Waals surface area contributed by atoms with Crippen LogP contribution in [0.5, 0.6) is 5.88 Å². The molecule has 6 heteroatoms. The van der Waals surface area contributed by atoms with Crippen LogP contribution in [0.25, 0.3) is 0 Å². The van der Waals surface area contributed by atoms with Crippen molar-refractivity contribution in [3.63, 3.8) is 0 Å². The monoisotopic (exact) mass is 225 g/mol. The molecule has 1 heterocycles. The van der Waals surface area contributed by atoms with E-state index in [0.717, 1.165) is 13.1 Å². The van der Waals surface area contributed by atoms with Gasteiger partial charge < -0.3 is 14.8 Å². The number of rotatable bonds is 6. The Morgan fingerprint density at radius 1 is 1.50 bits per heavy atom. The second kappa shape index (κ2) is 6.73. The summed E-state index contributed by atoms with van der Waals surface area (Å²) in [6.45, 7) is 4.10. The minimum atomic E-state index is -0.523. The third kappa shape index (κ3) is 3.82. The van der Waals surface area contributed by atoms with Gasteiger partial charge in [0.1, 0.15) is 6.61 Å². The molecule has 0 aliphatic carbocycles. The molecule has 1 N–H and O–H groups in total. The lowest BCUT2D eigenvalue weighted by atomic mass is 10.4. The van der Waals surface area contributed by atoms with Crippen molar-refractivity contribution < 1.29 is 14.3 Å². The number of carbonyl (C=O) groups excluding carboxylic acids is 1. The summed E-state index contributed by atoms with van der Waals surface area (Å²) < 4.78 is 9.82. The maximum Gasteiger partial charge on any atom is 0.358 e. The summed E-state index contributed by atoms with van der Waals surface area (Å²) in [5.41, 5.74) is 0.142. The molecule has 0 bridgehead atoms. The average molecular weight is 225 g/mol. The van der Waals surface area contributed by atoms with Crippen LogP contribution < -0.4 is 10.1 Å². The van der Waals surface area contributed by atoms with Crippen molar-refractivity contribution in [3.8, 4) is 5.88 Å².